The summed E-state index contributed by atoms with van der Waals surface area (Å²) >= 11 is 0. The number of hydrogen-bond donors (Lipinski definition) is 0. The molecule has 0 spiro atoms. The molecule has 5 heteroatoms. The first-order chi connectivity index (χ1) is 19.8. The number of aryl methyl sites for hydroxylation is 1. The molecule has 1 aromatic carbocycles. The third-order valence-corrected chi connectivity index (χ3v) is 12.4. The molecule has 0 N–H and O–H groups in total. The molecule has 5 rings (SSSR count). The van der Waals surface area contributed by atoms with Gasteiger partial charge in [0, 0.05) is 30.6 Å². The summed E-state index contributed by atoms with van der Waals surface area (Å²) in [6, 6.07) is 5.99. The van der Waals surface area contributed by atoms with Gasteiger partial charge in [-0.15, -0.1) is 0 Å². The Labute approximate surface area is 252 Å². The quantitative estimate of drug-likeness (QED) is 0.233. The summed E-state index contributed by atoms with van der Waals surface area (Å²) in [5.74, 6) is 2.26. The molecule has 1 aromatic rings. The molecular formula is C37H50O5. The van der Waals surface area contributed by atoms with Gasteiger partial charge in [0.05, 0.1) is 7.11 Å². The molecule has 0 heterocycles. The van der Waals surface area contributed by atoms with E-state index in [0.717, 1.165) is 49.0 Å². The molecule has 8 atom stereocenters. The third-order valence-electron chi connectivity index (χ3n) is 12.4. The minimum Gasteiger partial charge on any atom is -0.479 e. The van der Waals surface area contributed by atoms with Gasteiger partial charge in [-0.05, 0) is 106 Å². The van der Waals surface area contributed by atoms with Gasteiger partial charge in [0.2, 0.25) is 0 Å². The van der Waals surface area contributed by atoms with Crippen LogP contribution in [0.25, 0.3) is 0 Å². The van der Waals surface area contributed by atoms with Crippen LogP contribution in [0.5, 0.6) is 5.75 Å². The van der Waals surface area contributed by atoms with Crippen LogP contribution in [0.1, 0.15) is 97.1 Å². The average molecular weight is 575 g/mol. The van der Waals surface area contributed by atoms with Crippen LogP contribution in [0.2, 0.25) is 0 Å². The molecule has 0 radical (unpaired) electrons. The highest BCUT2D eigenvalue weighted by Crippen LogP contribution is 2.68. The van der Waals surface area contributed by atoms with Gasteiger partial charge in [0.1, 0.15) is 11.5 Å². The Morgan fingerprint density at radius 3 is 2.45 bits per heavy atom. The zero-order valence-corrected chi connectivity index (χ0v) is 27.0. The van der Waals surface area contributed by atoms with Crippen LogP contribution in [-0.2, 0) is 19.1 Å². The molecule has 228 valence electrons. The highest BCUT2D eigenvalue weighted by atomic mass is 16.5. The van der Waals surface area contributed by atoms with E-state index in [9.17, 15) is 14.4 Å². The molecular weight excluding hydrogens is 524 g/mol. The Hall–Kier alpha value is -2.69. The second-order valence-electron chi connectivity index (χ2n) is 14.4. The third kappa shape index (κ3) is 4.79. The van der Waals surface area contributed by atoms with Crippen LogP contribution in [0.4, 0.5) is 0 Å². The lowest BCUT2D eigenvalue weighted by atomic mass is 9.43. The van der Waals surface area contributed by atoms with Crippen molar-refractivity contribution in [2.24, 2.45) is 40.4 Å². The maximum atomic E-state index is 13.6. The molecule has 2 saturated carbocycles. The number of hydrogen-bond acceptors (Lipinski definition) is 5. The van der Waals surface area contributed by atoms with Crippen molar-refractivity contribution in [2.45, 2.75) is 105 Å². The second-order valence-corrected chi connectivity index (χ2v) is 14.4. The van der Waals surface area contributed by atoms with Gasteiger partial charge in [-0.3, -0.25) is 14.4 Å². The lowest BCUT2D eigenvalue weighted by Gasteiger charge is -2.61. The van der Waals surface area contributed by atoms with Crippen molar-refractivity contribution in [2.75, 3.05) is 7.11 Å². The lowest BCUT2D eigenvalue weighted by Crippen LogP contribution is -2.60. The van der Waals surface area contributed by atoms with Crippen molar-refractivity contribution in [3.8, 4) is 5.75 Å². The van der Waals surface area contributed by atoms with Crippen LogP contribution >= 0.6 is 0 Å². The van der Waals surface area contributed by atoms with E-state index < -0.39 is 5.60 Å². The number of allylic oxidation sites excluding steroid dienone is 3. The summed E-state index contributed by atoms with van der Waals surface area (Å²) in [4.78, 5) is 38.9. The van der Waals surface area contributed by atoms with Crippen molar-refractivity contribution < 1.29 is 23.9 Å². The van der Waals surface area contributed by atoms with Gasteiger partial charge in [0.25, 0.3) is 0 Å². The normalized spacial score (nSPS) is 36.0. The molecule has 5 nitrogen and oxygen atoms in total. The van der Waals surface area contributed by atoms with Crippen molar-refractivity contribution in [1.82, 2.24) is 0 Å². The van der Waals surface area contributed by atoms with E-state index in [1.165, 1.54) is 18.3 Å². The van der Waals surface area contributed by atoms with Crippen molar-refractivity contribution >= 4 is 17.5 Å². The Bertz CT molecular complexity index is 1340. The molecule has 0 unspecified atom stereocenters. The average Bonchev–Trinajstić information content (AvgIpc) is 3.31. The fourth-order valence-electron chi connectivity index (χ4n) is 9.75. The van der Waals surface area contributed by atoms with Gasteiger partial charge in [0.15, 0.2) is 11.4 Å². The van der Waals surface area contributed by atoms with Crippen LogP contribution < -0.4 is 4.74 Å². The molecule has 42 heavy (non-hydrogen) atoms. The molecule has 0 bridgehead atoms. The molecule has 4 aliphatic rings. The lowest BCUT2D eigenvalue weighted by molar-refractivity contribution is -0.148. The van der Waals surface area contributed by atoms with E-state index in [-0.39, 0.29) is 34.3 Å². The minimum absolute atomic E-state index is 0.00141. The summed E-state index contributed by atoms with van der Waals surface area (Å²) in [7, 11) is 1.46. The fourth-order valence-corrected chi connectivity index (χ4v) is 9.75. The summed E-state index contributed by atoms with van der Waals surface area (Å²) in [6.07, 6.45) is 11.3. The number of carbonyl (C=O) groups excluding carboxylic acids is 3. The van der Waals surface area contributed by atoms with Crippen molar-refractivity contribution in [3.63, 3.8) is 0 Å². The monoisotopic (exact) mass is 574 g/mol. The highest BCUT2D eigenvalue weighted by molar-refractivity contribution is 5.89. The van der Waals surface area contributed by atoms with Gasteiger partial charge in [-0.25, -0.2) is 0 Å². The summed E-state index contributed by atoms with van der Waals surface area (Å²) in [5, 5.41) is 0. The Morgan fingerprint density at radius 1 is 1.05 bits per heavy atom. The van der Waals surface area contributed by atoms with Crippen molar-refractivity contribution in [1.29, 1.82) is 0 Å². The van der Waals surface area contributed by atoms with Crippen molar-refractivity contribution in [3.05, 3.63) is 52.6 Å². The number of rotatable bonds is 8. The smallest absolute Gasteiger partial charge is 0.305 e. The highest BCUT2D eigenvalue weighted by Gasteiger charge is 2.63. The van der Waals surface area contributed by atoms with E-state index in [2.05, 4.69) is 45.9 Å². The van der Waals surface area contributed by atoms with E-state index in [1.54, 1.807) is 13.8 Å². The first-order valence-electron chi connectivity index (χ1n) is 16.0. The van der Waals surface area contributed by atoms with E-state index in [0.29, 0.717) is 42.9 Å². The van der Waals surface area contributed by atoms with Crippen LogP contribution in [0.3, 0.4) is 0 Å². The first-order valence-corrected chi connectivity index (χ1v) is 16.0. The SMILES string of the molecule is COC(=O)CC[C@@H](C)C1=CC[C@H]2[C@@H]3CC=C4C[C@@](Oc5cccc(C)c5C)(C(C)=O)C[C@H](C(C)=O)[C@]4(C)[C@H]3CC[C@]12C. The number of ketones is 2. The standard InChI is InChI=1S/C37H50O5/c1-22-10-9-11-33(24(22)3)42-37(26(5)39)20-27-13-14-28-30-16-15-29(23(2)12-17-34(40)41-8)35(30,6)19-18-31(28)36(27,7)32(21-37)25(4)38/h9-11,13,15,23,28,30-32H,12,14,16-21H2,1-8H3/t23-,28+,30+,31+,32-,35-,36+,37+/m1/s1. The molecule has 0 saturated heterocycles. The molecule has 4 aliphatic carbocycles. The maximum Gasteiger partial charge on any atom is 0.305 e. The van der Waals surface area contributed by atoms with E-state index in [1.807, 2.05) is 19.1 Å². The van der Waals surface area contributed by atoms with E-state index in [4.69, 9.17) is 9.47 Å². The predicted molar refractivity (Wildman–Crippen MR) is 165 cm³/mol. The zero-order chi connectivity index (χ0) is 30.6. The summed E-state index contributed by atoms with van der Waals surface area (Å²) in [6.45, 7) is 14.5. The van der Waals surface area contributed by atoms with Gasteiger partial charge >= 0.3 is 5.97 Å². The van der Waals surface area contributed by atoms with Crippen LogP contribution in [-0.4, -0.2) is 30.2 Å². The molecule has 2 fully saturated rings. The van der Waals surface area contributed by atoms with Crippen LogP contribution in [0.15, 0.2) is 41.5 Å². The largest absolute Gasteiger partial charge is 0.479 e. The summed E-state index contributed by atoms with van der Waals surface area (Å²) < 4.78 is 11.6. The molecule has 0 amide bonds. The Kier molecular flexibility index (Phi) is 8.13. The second kappa shape index (κ2) is 11.1. The Morgan fingerprint density at radius 2 is 1.79 bits per heavy atom. The van der Waals surface area contributed by atoms with Gasteiger partial charge in [-0.2, -0.15) is 0 Å². The number of ether oxygens (including phenoxy) is 2. The van der Waals surface area contributed by atoms with Gasteiger partial charge in [-0.1, -0.05) is 56.2 Å². The Balaban J connectivity index is 1.46. The number of benzene rings is 1. The van der Waals surface area contributed by atoms with Gasteiger partial charge < -0.3 is 9.47 Å². The number of methoxy groups -OCH3 is 1. The number of Topliss-reactive ketones (excluding diaryl/α,β-unsaturated/α-hetero) is 2. The first kappa shape index (κ1) is 30.8. The number of fused-ring (bicyclic) bond motifs is 5. The molecule has 0 aromatic heterocycles. The zero-order valence-electron chi connectivity index (χ0n) is 27.0. The summed E-state index contributed by atoms with van der Waals surface area (Å²) in [5.41, 5.74) is 3.74. The number of carbonyl (C=O) groups is 3. The minimum atomic E-state index is -1.03. The number of esters is 1. The van der Waals surface area contributed by atoms with E-state index >= 15 is 0 Å². The predicted octanol–water partition coefficient (Wildman–Crippen LogP) is 7.91. The molecule has 0 aliphatic heterocycles. The maximum absolute atomic E-state index is 13.6. The van der Waals surface area contributed by atoms with Crippen LogP contribution in [0, 0.1) is 54.3 Å². The fraction of sp³-hybridized carbons (Fsp3) is 0.649. The topological polar surface area (TPSA) is 69.7 Å².